The first kappa shape index (κ1) is 40.2. The second-order valence-electron chi connectivity index (χ2n) is 13.5. The van der Waals surface area contributed by atoms with Gasteiger partial charge in [0.15, 0.2) is 6.61 Å². The summed E-state index contributed by atoms with van der Waals surface area (Å²) >= 11 is 1.81. The van der Waals surface area contributed by atoms with Crippen molar-refractivity contribution in [3.8, 4) is 5.75 Å². The number of thiophene rings is 1. The number of unbranched alkanes of at least 4 members (excludes halogenated alkanes) is 4. The van der Waals surface area contributed by atoms with E-state index in [2.05, 4.69) is 70.2 Å². The molecule has 4 rings (SSSR count). The Labute approximate surface area is 304 Å². The lowest BCUT2D eigenvalue weighted by Gasteiger charge is -2.46. The number of ether oxygens (including phenoxy) is 6. The van der Waals surface area contributed by atoms with E-state index in [1.165, 1.54) is 15.0 Å². The third kappa shape index (κ3) is 11.8. The molecule has 0 saturated carbocycles. The highest BCUT2D eigenvalue weighted by molar-refractivity contribution is 7.19. The van der Waals surface area contributed by atoms with E-state index in [0.29, 0.717) is 38.8 Å². The summed E-state index contributed by atoms with van der Waals surface area (Å²) in [7, 11) is 3.48. The summed E-state index contributed by atoms with van der Waals surface area (Å²) in [6, 6.07) is 17.0. The van der Waals surface area contributed by atoms with Crippen LogP contribution in [0.25, 0.3) is 10.1 Å². The Kier molecular flexibility index (Phi) is 17.5. The minimum absolute atomic E-state index is 0.0769. The Morgan fingerprint density at radius 3 is 2.08 bits per heavy atom. The fourth-order valence-electron chi connectivity index (χ4n) is 6.07. The first-order valence-electron chi connectivity index (χ1n) is 18.9. The molecule has 1 aromatic heterocycles. The van der Waals surface area contributed by atoms with Crippen molar-refractivity contribution >= 4 is 27.3 Å². The van der Waals surface area contributed by atoms with Crippen molar-refractivity contribution in [3.63, 3.8) is 0 Å². The molecule has 1 fully saturated rings. The van der Waals surface area contributed by atoms with Gasteiger partial charge in [0, 0.05) is 62.1 Å². The predicted molar refractivity (Wildman–Crippen MR) is 203 cm³/mol. The molecule has 0 bridgehead atoms. The number of amides is 1. The Morgan fingerprint density at radius 2 is 1.42 bits per heavy atom. The van der Waals surface area contributed by atoms with Crippen LogP contribution in [0.4, 0.5) is 0 Å². The third-order valence-corrected chi connectivity index (χ3v) is 10.2. The maximum absolute atomic E-state index is 12.7. The zero-order valence-corrected chi connectivity index (χ0v) is 32.1. The van der Waals surface area contributed by atoms with Crippen molar-refractivity contribution in [1.82, 2.24) is 4.90 Å². The largest absolute Gasteiger partial charge is 0.483 e. The average Bonchev–Trinajstić information content (AvgIpc) is 3.53. The molecule has 2 heterocycles. The minimum atomic E-state index is -0.531. The van der Waals surface area contributed by atoms with Crippen LogP contribution in [0.5, 0.6) is 5.75 Å². The summed E-state index contributed by atoms with van der Waals surface area (Å²) in [6.07, 6.45) is 6.57. The number of rotatable bonds is 23. The molecule has 2 aromatic carbocycles. The van der Waals surface area contributed by atoms with Crippen molar-refractivity contribution < 1.29 is 33.2 Å². The standard InChI is InChI=1S/C41H61NO7S/c1-7-11-21-44-28-35-39(45-22-12-8-2)41(47-24-14-10-4)40(46-23-13-9-3)38(49-35)33-26-30(19-20-34(33)48-29-37(43)42(5)6)25-32-27-31-17-15-16-18-36(31)50-32/h15-20,26-27,35,38-41H,7-14,21-25,28-29H2,1-6H3/t35-,38+,39-,40+,41+/m1/s1. The molecule has 1 amide bonds. The quantitative estimate of drug-likeness (QED) is 0.0911. The summed E-state index contributed by atoms with van der Waals surface area (Å²) in [5, 5.41) is 1.25. The molecule has 50 heavy (non-hydrogen) atoms. The van der Waals surface area contributed by atoms with E-state index < -0.39 is 12.2 Å². The average molecular weight is 712 g/mol. The van der Waals surface area contributed by atoms with Crippen LogP contribution >= 0.6 is 11.3 Å². The first-order chi connectivity index (χ1) is 24.4. The van der Waals surface area contributed by atoms with Gasteiger partial charge in [-0.25, -0.2) is 0 Å². The Bertz CT molecular complexity index is 1380. The van der Waals surface area contributed by atoms with Crippen molar-refractivity contribution in [2.75, 3.05) is 53.7 Å². The molecular weight excluding hydrogens is 651 g/mol. The maximum Gasteiger partial charge on any atom is 0.259 e. The maximum atomic E-state index is 12.7. The molecule has 0 unspecified atom stereocenters. The van der Waals surface area contributed by atoms with Gasteiger partial charge in [0.05, 0.1) is 6.61 Å². The second kappa shape index (κ2) is 21.7. The highest BCUT2D eigenvalue weighted by Crippen LogP contribution is 2.42. The molecular formula is C41H61NO7S. The van der Waals surface area contributed by atoms with Crippen LogP contribution in [0.15, 0.2) is 48.5 Å². The van der Waals surface area contributed by atoms with Crippen molar-refractivity contribution in [2.45, 2.75) is 116 Å². The lowest BCUT2D eigenvalue weighted by Crippen LogP contribution is -2.58. The fourth-order valence-corrected chi connectivity index (χ4v) is 7.16. The van der Waals surface area contributed by atoms with Gasteiger partial charge < -0.3 is 33.3 Å². The number of fused-ring (bicyclic) bond motifs is 1. The first-order valence-corrected chi connectivity index (χ1v) is 19.7. The minimum Gasteiger partial charge on any atom is -0.483 e. The van der Waals surface area contributed by atoms with E-state index >= 15 is 0 Å². The normalized spacial score (nSPS) is 20.7. The predicted octanol–water partition coefficient (Wildman–Crippen LogP) is 8.77. The van der Waals surface area contributed by atoms with Gasteiger partial charge in [-0.3, -0.25) is 4.79 Å². The summed E-state index contributed by atoms with van der Waals surface area (Å²) < 4.78 is 41.1. The summed E-state index contributed by atoms with van der Waals surface area (Å²) in [5.74, 6) is 0.496. The molecule has 1 aliphatic heterocycles. The van der Waals surface area contributed by atoms with E-state index in [4.69, 9.17) is 28.4 Å². The highest BCUT2D eigenvalue weighted by atomic mass is 32.1. The van der Waals surface area contributed by atoms with Crippen LogP contribution in [0.3, 0.4) is 0 Å². The fraction of sp³-hybridized carbons (Fsp3) is 0.634. The Balaban J connectivity index is 1.78. The highest BCUT2D eigenvalue weighted by Gasteiger charge is 2.49. The molecule has 278 valence electrons. The van der Waals surface area contributed by atoms with Crippen molar-refractivity contribution in [1.29, 1.82) is 0 Å². The van der Waals surface area contributed by atoms with E-state index in [-0.39, 0.29) is 30.8 Å². The van der Waals surface area contributed by atoms with Crippen molar-refractivity contribution in [3.05, 3.63) is 64.5 Å². The van der Waals surface area contributed by atoms with E-state index in [0.717, 1.165) is 68.9 Å². The molecule has 0 aliphatic carbocycles. The topological polar surface area (TPSA) is 75.7 Å². The SMILES string of the molecule is CCCCOC[C@H]1O[C@@H](c2cc(Cc3cc4ccccc4s3)ccc2OCC(=O)N(C)C)[C@H](OCCCC)[C@@H](OCCCC)[C@@H]1OCCCC. The van der Waals surface area contributed by atoms with E-state index in [1.807, 2.05) is 17.4 Å². The van der Waals surface area contributed by atoms with Crippen LogP contribution in [0.2, 0.25) is 0 Å². The van der Waals surface area contributed by atoms with Gasteiger partial charge in [0.2, 0.25) is 0 Å². The smallest absolute Gasteiger partial charge is 0.259 e. The van der Waals surface area contributed by atoms with Gasteiger partial charge >= 0.3 is 0 Å². The Hall–Kier alpha value is -2.53. The molecule has 1 aliphatic rings. The second-order valence-corrected chi connectivity index (χ2v) is 14.6. The monoisotopic (exact) mass is 711 g/mol. The lowest BCUT2D eigenvalue weighted by molar-refractivity contribution is -0.268. The summed E-state index contributed by atoms with van der Waals surface area (Å²) in [4.78, 5) is 15.5. The van der Waals surface area contributed by atoms with Gasteiger partial charge in [-0.2, -0.15) is 0 Å². The molecule has 8 nitrogen and oxygen atoms in total. The zero-order valence-electron chi connectivity index (χ0n) is 31.3. The van der Waals surface area contributed by atoms with Gasteiger partial charge in [-0.05, 0) is 60.9 Å². The molecule has 0 spiro atoms. The number of carbonyl (C=O) groups excluding carboxylic acids is 1. The van der Waals surface area contributed by atoms with Gasteiger partial charge in [-0.1, -0.05) is 77.6 Å². The van der Waals surface area contributed by atoms with Crippen LogP contribution in [0.1, 0.15) is 101 Å². The molecule has 3 aromatic rings. The number of carbonyl (C=O) groups is 1. The van der Waals surface area contributed by atoms with E-state index in [1.54, 1.807) is 19.0 Å². The zero-order chi connectivity index (χ0) is 35.7. The summed E-state index contributed by atoms with van der Waals surface area (Å²) in [5.41, 5.74) is 1.99. The van der Waals surface area contributed by atoms with Crippen LogP contribution in [0, 0.1) is 0 Å². The van der Waals surface area contributed by atoms with Crippen molar-refractivity contribution in [2.24, 2.45) is 0 Å². The number of benzene rings is 2. The lowest BCUT2D eigenvalue weighted by atomic mass is 9.89. The molecule has 9 heteroatoms. The third-order valence-electron chi connectivity index (χ3n) is 9.07. The summed E-state index contributed by atoms with van der Waals surface area (Å²) in [6.45, 7) is 11.4. The van der Waals surface area contributed by atoms with Crippen LogP contribution < -0.4 is 4.74 Å². The van der Waals surface area contributed by atoms with Gasteiger partial charge in [0.1, 0.15) is 36.3 Å². The number of likely N-dealkylation sites (N-methyl/N-ethyl adjacent to an activating group) is 1. The van der Waals surface area contributed by atoms with Gasteiger partial charge in [-0.15, -0.1) is 11.3 Å². The number of nitrogens with zero attached hydrogens (tertiary/aromatic N) is 1. The molecule has 5 atom stereocenters. The van der Waals surface area contributed by atoms with Crippen LogP contribution in [-0.4, -0.2) is 89.0 Å². The molecule has 1 saturated heterocycles. The Morgan fingerprint density at radius 1 is 0.780 bits per heavy atom. The molecule has 0 N–H and O–H groups in total. The number of hydrogen-bond acceptors (Lipinski definition) is 8. The molecule has 0 radical (unpaired) electrons. The van der Waals surface area contributed by atoms with Crippen LogP contribution in [-0.2, 0) is 34.9 Å². The van der Waals surface area contributed by atoms with E-state index in [9.17, 15) is 4.79 Å². The number of hydrogen-bond donors (Lipinski definition) is 0. The van der Waals surface area contributed by atoms with Gasteiger partial charge in [0.25, 0.3) is 5.91 Å².